The topological polar surface area (TPSA) is 71.8 Å². The molecule has 6 nitrogen and oxygen atoms in total. The fraction of sp³-hybridized carbons (Fsp3) is 0.391. The van der Waals surface area contributed by atoms with E-state index < -0.39 is 23.8 Å². The van der Waals surface area contributed by atoms with Crippen LogP contribution in [-0.2, 0) is 9.53 Å². The van der Waals surface area contributed by atoms with Crippen LogP contribution in [0.25, 0.3) is 0 Å². The lowest BCUT2D eigenvalue weighted by Gasteiger charge is -2.47. The van der Waals surface area contributed by atoms with E-state index in [2.05, 4.69) is 0 Å². The zero-order chi connectivity index (χ0) is 22.0. The molecule has 31 heavy (non-hydrogen) atoms. The number of likely N-dealkylation sites (tertiary alicyclic amines) is 1. The minimum Gasteiger partial charge on any atom is -0.490 e. The summed E-state index contributed by atoms with van der Waals surface area (Å²) in [5.74, 6) is -0.978. The zero-order valence-electron chi connectivity index (χ0n) is 17.0. The Morgan fingerprint density at radius 2 is 2.06 bits per heavy atom. The molecule has 2 aromatic carbocycles. The molecule has 2 aliphatic heterocycles. The van der Waals surface area contributed by atoms with Crippen LogP contribution in [0.2, 0.25) is 0 Å². The Labute approximate surface area is 178 Å². The van der Waals surface area contributed by atoms with Crippen molar-refractivity contribution in [2.45, 2.75) is 38.0 Å². The van der Waals surface area contributed by atoms with Crippen molar-refractivity contribution in [3.8, 4) is 17.6 Å². The number of halogens is 2. The summed E-state index contributed by atoms with van der Waals surface area (Å²) in [6, 6.07) is 8.99. The standard InChI is InChI=1S/C23H22F2N2O4/c1-2-29-20-10-14(12-26)5-8-19(20)31-22-21(17-11-15(24)6-7-18(17)25)27(23(22)28)13-16-4-3-9-30-16/h5-8,10-11,16,21-22H,2-4,9,13H2,1H3. The fourth-order valence-electron chi connectivity index (χ4n) is 4.00. The molecule has 1 amide bonds. The third-order valence-corrected chi connectivity index (χ3v) is 5.48. The summed E-state index contributed by atoms with van der Waals surface area (Å²) >= 11 is 0. The van der Waals surface area contributed by atoms with Gasteiger partial charge < -0.3 is 19.1 Å². The van der Waals surface area contributed by atoms with Crippen LogP contribution in [0.4, 0.5) is 8.78 Å². The second-order valence-corrected chi connectivity index (χ2v) is 7.48. The molecule has 3 unspecified atom stereocenters. The van der Waals surface area contributed by atoms with E-state index in [0.29, 0.717) is 24.5 Å². The van der Waals surface area contributed by atoms with Gasteiger partial charge in [-0.1, -0.05) is 0 Å². The predicted octanol–water partition coefficient (Wildman–Crippen LogP) is 3.75. The van der Waals surface area contributed by atoms with Gasteiger partial charge in [0.05, 0.1) is 24.3 Å². The molecule has 0 spiro atoms. The summed E-state index contributed by atoms with van der Waals surface area (Å²) in [7, 11) is 0. The van der Waals surface area contributed by atoms with E-state index in [0.717, 1.165) is 31.0 Å². The van der Waals surface area contributed by atoms with Gasteiger partial charge in [0.15, 0.2) is 11.5 Å². The predicted molar refractivity (Wildman–Crippen MR) is 107 cm³/mol. The van der Waals surface area contributed by atoms with Crippen LogP contribution >= 0.6 is 0 Å². The molecule has 2 heterocycles. The van der Waals surface area contributed by atoms with Crippen molar-refractivity contribution in [1.29, 1.82) is 5.26 Å². The number of β-lactam (4-membered cyclic amide) rings is 1. The molecule has 8 heteroatoms. The van der Waals surface area contributed by atoms with Crippen LogP contribution in [0.5, 0.6) is 11.5 Å². The monoisotopic (exact) mass is 428 g/mol. The molecule has 162 valence electrons. The maximum Gasteiger partial charge on any atom is 0.266 e. The van der Waals surface area contributed by atoms with Crippen LogP contribution in [0, 0.1) is 23.0 Å². The molecule has 2 aromatic rings. The molecule has 0 N–H and O–H groups in total. The van der Waals surface area contributed by atoms with Gasteiger partial charge >= 0.3 is 0 Å². The summed E-state index contributed by atoms with van der Waals surface area (Å²) in [6.45, 7) is 3.02. The van der Waals surface area contributed by atoms with E-state index in [1.807, 2.05) is 6.07 Å². The number of hydrogen-bond donors (Lipinski definition) is 0. The average Bonchev–Trinajstić information content (AvgIpc) is 3.29. The third kappa shape index (κ3) is 4.19. The van der Waals surface area contributed by atoms with Crippen LogP contribution < -0.4 is 9.47 Å². The highest BCUT2D eigenvalue weighted by atomic mass is 19.1. The Balaban J connectivity index is 1.65. The molecule has 2 saturated heterocycles. The molecule has 0 radical (unpaired) electrons. The Hall–Kier alpha value is -3.18. The number of hydrogen-bond acceptors (Lipinski definition) is 5. The van der Waals surface area contributed by atoms with E-state index in [9.17, 15) is 13.6 Å². The first-order valence-electron chi connectivity index (χ1n) is 10.2. The van der Waals surface area contributed by atoms with E-state index in [1.165, 1.54) is 11.0 Å². The van der Waals surface area contributed by atoms with Crippen molar-refractivity contribution in [1.82, 2.24) is 4.90 Å². The molecular weight excluding hydrogens is 406 g/mol. The quantitative estimate of drug-likeness (QED) is 0.629. The molecule has 3 atom stereocenters. The number of benzene rings is 2. The van der Waals surface area contributed by atoms with Gasteiger partial charge in [-0.2, -0.15) is 5.26 Å². The highest BCUT2D eigenvalue weighted by Gasteiger charge is 2.52. The molecule has 2 fully saturated rings. The zero-order valence-corrected chi connectivity index (χ0v) is 17.0. The number of ether oxygens (including phenoxy) is 3. The molecule has 0 aliphatic carbocycles. The number of amides is 1. The van der Waals surface area contributed by atoms with Crippen molar-refractivity contribution >= 4 is 5.91 Å². The second-order valence-electron chi connectivity index (χ2n) is 7.48. The molecule has 0 aromatic heterocycles. The normalized spacial score (nSPS) is 22.7. The van der Waals surface area contributed by atoms with E-state index >= 15 is 0 Å². The lowest BCUT2D eigenvalue weighted by Crippen LogP contribution is -2.62. The minimum atomic E-state index is -1.05. The molecule has 2 aliphatic rings. The average molecular weight is 428 g/mol. The number of carbonyl (C=O) groups is 1. The van der Waals surface area contributed by atoms with Crippen LogP contribution in [0.1, 0.15) is 36.9 Å². The van der Waals surface area contributed by atoms with Gasteiger partial charge in [-0.3, -0.25) is 4.79 Å². The molecule has 0 saturated carbocycles. The van der Waals surface area contributed by atoms with Gasteiger partial charge in [-0.05, 0) is 50.1 Å². The maximum atomic E-state index is 14.6. The third-order valence-electron chi connectivity index (χ3n) is 5.48. The lowest BCUT2D eigenvalue weighted by molar-refractivity contribution is -0.167. The highest BCUT2D eigenvalue weighted by Crippen LogP contribution is 2.41. The van der Waals surface area contributed by atoms with Gasteiger partial charge in [0, 0.05) is 24.8 Å². The van der Waals surface area contributed by atoms with Crippen LogP contribution in [-0.4, -0.2) is 42.8 Å². The highest BCUT2D eigenvalue weighted by molar-refractivity contribution is 5.89. The Bertz CT molecular complexity index is 1020. The smallest absolute Gasteiger partial charge is 0.266 e. The first-order valence-corrected chi connectivity index (χ1v) is 10.2. The summed E-state index contributed by atoms with van der Waals surface area (Å²) in [4.78, 5) is 14.4. The number of nitriles is 1. The Kier molecular flexibility index (Phi) is 6.05. The van der Waals surface area contributed by atoms with Gasteiger partial charge in [0.25, 0.3) is 5.91 Å². The van der Waals surface area contributed by atoms with E-state index in [4.69, 9.17) is 19.5 Å². The Morgan fingerprint density at radius 1 is 1.23 bits per heavy atom. The van der Waals surface area contributed by atoms with Gasteiger partial charge in [-0.25, -0.2) is 8.78 Å². The second kappa shape index (κ2) is 8.90. The van der Waals surface area contributed by atoms with Gasteiger partial charge in [0.2, 0.25) is 6.10 Å². The van der Waals surface area contributed by atoms with Gasteiger partial charge in [0.1, 0.15) is 17.7 Å². The van der Waals surface area contributed by atoms with Gasteiger partial charge in [-0.15, -0.1) is 0 Å². The number of rotatable bonds is 7. The Morgan fingerprint density at radius 3 is 2.77 bits per heavy atom. The first-order chi connectivity index (χ1) is 15.0. The number of carbonyl (C=O) groups excluding carboxylic acids is 1. The summed E-state index contributed by atoms with van der Waals surface area (Å²) in [6.07, 6.45) is 0.509. The van der Waals surface area contributed by atoms with E-state index in [-0.39, 0.29) is 29.9 Å². The van der Waals surface area contributed by atoms with E-state index in [1.54, 1.807) is 19.1 Å². The molecule has 4 rings (SSSR count). The maximum absolute atomic E-state index is 14.6. The van der Waals surface area contributed by atoms with Crippen LogP contribution in [0.3, 0.4) is 0 Å². The molecule has 0 bridgehead atoms. The first kappa shape index (κ1) is 21.1. The van der Waals surface area contributed by atoms with Crippen molar-refractivity contribution in [2.24, 2.45) is 0 Å². The van der Waals surface area contributed by atoms with Crippen molar-refractivity contribution in [3.05, 3.63) is 59.2 Å². The van der Waals surface area contributed by atoms with Crippen LogP contribution in [0.15, 0.2) is 36.4 Å². The minimum absolute atomic E-state index is 0.0502. The summed E-state index contributed by atoms with van der Waals surface area (Å²) in [5.41, 5.74) is 0.428. The molecular formula is C23H22F2N2O4. The lowest BCUT2D eigenvalue weighted by atomic mass is 9.89. The van der Waals surface area contributed by atoms with Crippen molar-refractivity contribution in [3.63, 3.8) is 0 Å². The van der Waals surface area contributed by atoms with Crippen molar-refractivity contribution < 1.29 is 27.8 Å². The summed E-state index contributed by atoms with van der Waals surface area (Å²) in [5, 5.41) is 9.12. The number of nitrogens with zero attached hydrogens (tertiary/aromatic N) is 2. The summed E-state index contributed by atoms with van der Waals surface area (Å²) < 4.78 is 45.6. The van der Waals surface area contributed by atoms with Crippen molar-refractivity contribution in [2.75, 3.05) is 19.8 Å². The SMILES string of the molecule is CCOc1cc(C#N)ccc1OC1C(=O)N(CC2CCCO2)C1c1cc(F)ccc1F. The fourth-order valence-corrected chi connectivity index (χ4v) is 4.00. The largest absolute Gasteiger partial charge is 0.490 e.